The highest BCUT2D eigenvalue weighted by Gasteiger charge is 2.11. The zero-order valence-electron chi connectivity index (χ0n) is 16.6. The van der Waals surface area contributed by atoms with Crippen molar-refractivity contribution in [2.45, 2.75) is 33.0 Å². The number of ether oxygens (including phenoxy) is 2. The first-order chi connectivity index (χ1) is 14.4. The van der Waals surface area contributed by atoms with Gasteiger partial charge in [0.15, 0.2) is 0 Å². The number of carbonyl (C=O) groups excluding carboxylic acids is 2. The molecule has 0 aliphatic rings. The molecule has 156 valence electrons. The van der Waals surface area contributed by atoms with Crippen molar-refractivity contribution < 1.29 is 23.5 Å². The Labute approximate surface area is 177 Å². The normalized spacial score (nSPS) is 10.7. The average Bonchev–Trinajstić information content (AvgIpc) is 3.14. The summed E-state index contributed by atoms with van der Waals surface area (Å²) in [6.45, 7) is 3.81. The molecule has 1 aromatic heterocycles. The average molecular weight is 428 g/mol. The summed E-state index contributed by atoms with van der Waals surface area (Å²) in [5.41, 5.74) is 1.63. The molecule has 1 N–H and O–H groups in total. The summed E-state index contributed by atoms with van der Waals surface area (Å²) < 4.78 is 23.6. The van der Waals surface area contributed by atoms with Crippen LogP contribution < -0.4 is 10.1 Å². The molecule has 0 spiro atoms. The highest BCUT2D eigenvalue weighted by molar-refractivity contribution is 7.09. The minimum Gasteiger partial charge on any atom is -0.486 e. The number of rotatable bonds is 8. The number of aromatic nitrogens is 1. The van der Waals surface area contributed by atoms with Gasteiger partial charge in [-0.3, -0.25) is 4.79 Å². The fourth-order valence-electron chi connectivity index (χ4n) is 2.51. The largest absolute Gasteiger partial charge is 0.486 e. The smallest absolute Gasteiger partial charge is 0.338 e. The highest BCUT2D eigenvalue weighted by atomic mass is 32.1. The third-order valence-electron chi connectivity index (χ3n) is 3.86. The number of hydrogen-bond donors (Lipinski definition) is 1. The minimum absolute atomic E-state index is 0.115. The summed E-state index contributed by atoms with van der Waals surface area (Å²) in [7, 11) is 0. The van der Waals surface area contributed by atoms with Gasteiger partial charge < -0.3 is 14.8 Å². The lowest BCUT2D eigenvalue weighted by Crippen LogP contribution is -2.15. The van der Waals surface area contributed by atoms with Crippen molar-refractivity contribution in [1.82, 2.24) is 4.98 Å². The molecule has 0 radical (unpaired) electrons. The molecule has 0 aliphatic heterocycles. The molecule has 0 bridgehead atoms. The second-order valence-corrected chi connectivity index (χ2v) is 7.67. The third-order valence-corrected chi connectivity index (χ3v) is 4.74. The van der Waals surface area contributed by atoms with Crippen LogP contribution in [0.5, 0.6) is 5.75 Å². The molecule has 1 heterocycles. The van der Waals surface area contributed by atoms with Crippen molar-refractivity contribution >= 4 is 28.9 Å². The minimum atomic E-state index is -0.402. The van der Waals surface area contributed by atoms with Crippen molar-refractivity contribution in [2.24, 2.45) is 0 Å². The van der Waals surface area contributed by atoms with E-state index in [4.69, 9.17) is 9.47 Å². The van der Waals surface area contributed by atoms with E-state index in [9.17, 15) is 14.0 Å². The number of hydrogen-bond acceptors (Lipinski definition) is 6. The lowest BCUT2D eigenvalue weighted by Gasteiger charge is -2.09. The molecule has 3 rings (SSSR count). The number of carbonyl (C=O) groups is 2. The van der Waals surface area contributed by atoms with E-state index in [2.05, 4.69) is 10.3 Å². The van der Waals surface area contributed by atoms with Crippen molar-refractivity contribution in [3.63, 3.8) is 0 Å². The fourth-order valence-corrected chi connectivity index (χ4v) is 3.22. The summed E-state index contributed by atoms with van der Waals surface area (Å²) in [6, 6.07) is 12.3. The Kier molecular flexibility index (Phi) is 7.13. The van der Waals surface area contributed by atoms with Gasteiger partial charge in [0, 0.05) is 11.1 Å². The maximum absolute atomic E-state index is 12.9. The number of amides is 1. The van der Waals surface area contributed by atoms with Crippen LogP contribution >= 0.6 is 11.3 Å². The van der Waals surface area contributed by atoms with Gasteiger partial charge in [-0.1, -0.05) is 0 Å². The van der Waals surface area contributed by atoms with Gasteiger partial charge in [-0.15, -0.1) is 11.3 Å². The molecule has 2 aromatic carbocycles. The van der Waals surface area contributed by atoms with Gasteiger partial charge >= 0.3 is 5.97 Å². The van der Waals surface area contributed by atoms with Gasteiger partial charge in [0.1, 0.15) is 23.2 Å². The molecular formula is C22H21FN2O4S. The van der Waals surface area contributed by atoms with E-state index in [-0.39, 0.29) is 30.9 Å². The molecule has 1 amide bonds. The van der Waals surface area contributed by atoms with Crippen LogP contribution in [0.1, 0.15) is 34.9 Å². The Hall–Kier alpha value is -3.26. The molecule has 0 atom stereocenters. The number of halogens is 1. The van der Waals surface area contributed by atoms with E-state index in [1.165, 1.54) is 23.5 Å². The summed E-state index contributed by atoms with van der Waals surface area (Å²) in [6.07, 6.45) is -0.0783. The van der Waals surface area contributed by atoms with Gasteiger partial charge in [-0.2, -0.15) is 0 Å². The Bertz CT molecular complexity index is 1000. The SMILES string of the molecule is CC(C)OC(=O)c1ccc(NC(=O)Cc2csc(COc3ccc(F)cc3)n2)cc1. The van der Waals surface area contributed by atoms with Crippen LogP contribution in [-0.4, -0.2) is 23.0 Å². The number of nitrogens with zero attached hydrogens (tertiary/aromatic N) is 1. The van der Waals surface area contributed by atoms with E-state index < -0.39 is 5.97 Å². The Morgan fingerprint density at radius 1 is 1.10 bits per heavy atom. The number of anilines is 1. The summed E-state index contributed by atoms with van der Waals surface area (Å²) in [5, 5.41) is 5.29. The maximum atomic E-state index is 12.9. The second kappa shape index (κ2) is 9.98. The molecule has 0 saturated carbocycles. The lowest BCUT2D eigenvalue weighted by atomic mass is 10.2. The third kappa shape index (κ3) is 6.38. The molecule has 0 fully saturated rings. The van der Waals surface area contributed by atoms with Gasteiger partial charge in [0.2, 0.25) is 5.91 Å². The van der Waals surface area contributed by atoms with Crippen LogP contribution in [-0.2, 0) is 22.6 Å². The zero-order chi connectivity index (χ0) is 21.5. The first-order valence-corrected chi connectivity index (χ1v) is 10.2. The first kappa shape index (κ1) is 21.4. The van der Waals surface area contributed by atoms with Crippen molar-refractivity contribution in [1.29, 1.82) is 0 Å². The Balaban J connectivity index is 1.49. The number of benzene rings is 2. The fraction of sp³-hybridized carbons (Fsp3) is 0.227. The van der Waals surface area contributed by atoms with Gasteiger partial charge in [0.25, 0.3) is 0 Å². The van der Waals surface area contributed by atoms with E-state index in [0.717, 1.165) is 5.01 Å². The lowest BCUT2D eigenvalue weighted by molar-refractivity contribution is -0.115. The monoisotopic (exact) mass is 428 g/mol. The molecule has 0 saturated heterocycles. The van der Waals surface area contributed by atoms with E-state index in [1.807, 2.05) is 0 Å². The topological polar surface area (TPSA) is 77.5 Å². The maximum Gasteiger partial charge on any atom is 0.338 e. The van der Waals surface area contributed by atoms with Crippen LogP contribution in [0.2, 0.25) is 0 Å². The standard InChI is InChI=1S/C22H21FN2O4S/c1-14(2)29-22(27)15-3-7-17(8-4-15)24-20(26)11-18-13-30-21(25-18)12-28-19-9-5-16(23)6-10-19/h3-10,13-14H,11-12H2,1-2H3,(H,24,26). The molecule has 8 heteroatoms. The van der Waals surface area contributed by atoms with E-state index >= 15 is 0 Å². The number of thiazole rings is 1. The van der Waals surface area contributed by atoms with E-state index in [0.29, 0.717) is 22.7 Å². The molecule has 3 aromatic rings. The van der Waals surface area contributed by atoms with Gasteiger partial charge in [-0.25, -0.2) is 14.2 Å². The molecule has 6 nitrogen and oxygen atoms in total. The Morgan fingerprint density at radius 3 is 2.47 bits per heavy atom. The predicted molar refractivity (Wildman–Crippen MR) is 112 cm³/mol. The van der Waals surface area contributed by atoms with Crippen LogP contribution in [0.4, 0.5) is 10.1 Å². The van der Waals surface area contributed by atoms with Gasteiger partial charge in [-0.05, 0) is 62.4 Å². The van der Waals surface area contributed by atoms with Crippen LogP contribution in [0.25, 0.3) is 0 Å². The van der Waals surface area contributed by atoms with Crippen LogP contribution in [0.3, 0.4) is 0 Å². The van der Waals surface area contributed by atoms with Crippen molar-refractivity contribution in [3.05, 3.63) is 76.0 Å². The van der Waals surface area contributed by atoms with Crippen molar-refractivity contribution in [3.8, 4) is 5.75 Å². The quantitative estimate of drug-likeness (QED) is 0.530. The predicted octanol–water partition coefficient (Wildman–Crippen LogP) is 4.61. The summed E-state index contributed by atoms with van der Waals surface area (Å²) in [5.74, 6) is -0.397. The highest BCUT2D eigenvalue weighted by Crippen LogP contribution is 2.17. The number of nitrogens with one attached hydrogen (secondary N) is 1. The second-order valence-electron chi connectivity index (χ2n) is 6.73. The summed E-state index contributed by atoms with van der Waals surface area (Å²) >= 11 is 1.39. The summed E-state index contributed by atoms with van der Waals surface area (Å²) in [4.78, 5) is 28.5. The zero-order valence-corrected chi connectivity index (χ0v) is 17.4. The first-order valence-electron chi connectivity index (χ1n) is 9.31. The van der Waals surface area contributed by atoms with Crippen LogP contribution in [0, 0.1) is 5.82 Å². The van der Waals surface area contributed by atoms with Gasteiger partial charge in [0.05, 0.1) is 23.8 Å². The molecule has 0 unspecified atom stereocenters. The van der Waals surface area contributed by atoms with E-state index in [1.54, 1.807) is 55.6 Å². The van der Waals surface area contributed by atoms with Crippen LogP contribution in [0.15, 0.2) is 53.9 Å². The molecule has 30 heavy (non-hydrogen) atoms. The molecular weight excluding hydrogens is 407 g/mol. The number of esters is 1. The Morgan fingerprint density at radius 2 is 1.80 bits per heavy atom. The molecule has 0 aliphatic carbocycles. The van der Waals surface area contributed by atoms with Crippen molar-refractivity contribution in [2.75, 3.05) is 5.32 Å².